The third kappa shape index (κ3) is 2.64. The normalized spacial score (nSPS) is 12.0. The highest BCUT2D eigenvalue weighted by Gasteiger charge is 2.34. The van der Waals surface area contributed by atoms with Crippen molar-refractivity contribution in [3.63, 3.8) is 0 Å². The Labute approximate surface area is 155 Å². The Kier molecular flexibility index (Phi) is 3.88. The Morgan fingerprint density at radius 2 is 1.96 bits per heavy atom. The van der Waals surface area contributed by atoms with Gasteiger partial charge in [0, 0.05) is 12.4 Å². The van der Waals surface area contributed by atoms with Crippen molar-refractivity contribution in [2.24, 2.45) is 0 Å². The van der Waals surface area contributed by atoms with E-state index in [4.69, 9.17) is 16.0 Å². The molecule has 2 aromatic heterocycles. The molecule has 0 fully saturated rings. The van der Waals surface area contributed by atoms with Gasteiger partial charge in [-0.25, -0.2) is 4.79 Å². The number of halogens is 4. The van der Waals surface area contributed by atoms with Crippen LogP contribution in [0.25, 0.3) is 27.6 Å². The first-order valence-corrected chi connectivity index (χ1v) is 8.17. The average Bonchev–Trinajstić information content (AvgIpc) is 3.10. The maximum Gasteiger partial charge on any atom is 0.418 e. The second-order valence-electron chi connectivity index (χ2n) is 5.76. The average molecular weight is 394 g/mol. The Hall–Kier alpha value is -3.00. The van der Waals surface area contributed by atoms with Crippen LogP contribution in [0, 0.1) is 0 Å². The van der Waals surface area contributed by atoms with Crippen LogP contribution in [-0.2, 0) is 6.18 Å². The number of para-hydroxylation sites is 1. The van der Waals surface area contributed by atoms with Crippen molar-refractivity contribution in [3.05, 3.63) is 63.7 Å². The lowest BCUT2D eigenvalue weighted by Crippen LogP contribution is -2.25. The first-order valence-electron chi connectivity index (χ1n) is 7.79. The van der Waals surface area contributed by atoms with E-state index >= 15 is 0 Å². The predicted octanol–water partition coefficient (Wildman–Crippen LogP) is 4.85. The molecule has 0 radical (unpaired) electrons. The van der Waals surface area contributed by atoms with E-state index in [0.29, 0.717) is 16.4 Å². The topological polar surface area (TPSA) is 60.1 Å². The van der Waals surface area contributed by atoms with Gasteiger partial charge in [0.25, 0.3) is 0 Å². The van der Waals surface area contributed by atoms with Gasteiger partial charge in [0.1, 0.15) is 11.4 Å². The molecule has 0 aliphatic carbocycles. The zero-order chi connectivity index (χ0) is 19.3. The second-order valence-corrected chi connectivity index (χ2v) is 6.17. The van der Waals surface area contributed by atoms with Crippen molar-refractivity contribution in [3.8, 4) is 5.69 Å². The molecule has 138 valence electrons. The number of alkyl halides is 3. The molecule has 0 saturated heterocycles. The second kappa shape index (κ2) is 6.02. The molecule has 0 aliphatic heterocycles. The molecule has 0 amide bonds. The van der Waals surface area contributed by atoms with Crippen LogP contribution >= 0.6 is 11.6 Å². The van der Waals surface area contributed by atoms with Crippen molar-refractivity contribution < 1.29 is 17.6 Å². The van der Waals surface area contributed by atoms with Crippen LogP contribution in [-0.4, -0.2) is 16.6 Å². The molecule has 5 nitrogen and oxygen atoms in total. The molecule has 0 saturated carbocycles. The van der Waals surface area contributed by atoms with E-state index in [1.807, 2.05) is 0 Å². The summed E-state index contributed by atoms with van der Waals surface area (Å²) in [4.78, 5) is 16.6. The fraction of sp³-hybridized carbons (Fsp3) is 0.111. The van der Waals surface area contributed by atoms with Crippen LogP contribution in [0.3, 0.4) is 0 Å². The van der Waals surface area contributed by atoms with Gasteiger partial charge in [-0.3, -0.25) is 4.57 Å². The van der Waals surface area contributed by atoms with Gasteiger partial charge in [-0.15, -0.1) is 0 Å². The summed E-state index contributed by atoms with van der Waals surface area (Å²) in [5, 5.41) is 3.96. The van der Waals surface area contributed by atoms with Crippen LogP contribution in [0.1, 0.15) is 5.56 Å². The van der Waals surface area contributed by atoms with Crippen molar-refractivity contribution >= 4 is 39.3 Å². The summed E-state index contributed by atoms with van der Waals surface area (Å²) in [6.07, 6.45) is -3.24. The van der Waals surface area contributed by atoms with Crippen molar-refractivity contribution in [2.45, 2.75) is 6.18 Å². The lowest BCUT2D eigenvalue weighted by molar-refractivity contribution is -0.137. The number of hydrogen-bond donors (Lipinski definition) is 1. The van der Waals surface area contributed by atoms with Gasteiger partial charge >= 0.3 is 11.9 Å². The van der Waals surface area contributed by atoms with Gasteiger partial charge < -0.3 is 9.73 Å². The minimum absolute atomic E-state index is 0.156. The number of fused-ring (bicyclic) bond motifs is 3. The summed E-state index contributed by atoms with van der Waals surface area (Å²) in [5.74, 6) is 0.187. The van der Waals surface area contributed by atoms with Crippen LogP contribution in [0.4, 0.5) is 19.0 Å². The number of hydrogen-bond acceptors (Lipinski definition) is 4. The van der Waals surface area contributed by atoms with E-state index < -0.39 is 17.4 Å². The third-order valence-corrected chi connectivity index (χ3v) is 4.55. The highest BCUT2D eigenvalue weighted by Crippen LogP contribution is 2.38. The summed E-state index contributed by atoms with van der Waals surface area (Å²) in [6, 6.07) is 7.87. The van der Waals surface area contributed by atoms with Gasteiger partial charge in [-0.05, 0) is 24.3 Å². The van der Waals surface area contributed by atoms with E-state index in [0.717, 1.165) is 10.6 Å². The Balaban J connectivity index is 2.23. The van der Waals surface area contributed by atoms with Crippen LogP contribution < -0.4 is 11.0 Å². The number of nitrogens with one attached hydrogen (secondary N) is 1. The predicted molar refractivity (Wildman–Crippen MR) is 96.7 cm³/mol. The maximum atomic E-state index is 13.5. The molecule has 27 heavy (non-hydrogen) atoms. The van der Waals surface area contributed by atoms with E-state index in [1.54, 1.807) is 13.1 Å². The van der Waals surface area contributed by atoms with E-state index in [-0.39, 0.29) is 22.0 Å². The van der Waals surface area contributed by atoms with Crippen molar-refractivity contribution in [2.75, 3.05) is 12.4 Å². The first-order chi connectivity index (χ1) is 12.8. The molecule has 4 rings (SSSR count). The van der Waals surface area contributed by atoms with Crippen molar-refractivity contribution in [1.82, 2.24) is 9.55 Å². The van der Waals surface area contributed by atoms with E-state index in [1.165, 1.54) is 30.5 Å². The summed E-state index contributed by atoms with van der Waals surface area (Å²) in [7, 11) is 1.55. The Morgan fingerprint density at radius 1 is 1.22 bits per heavy atom. The Morgan fingerprint density at radius 3 is 2.67 bits per heavy atom. The highest BCUT2D eigenvalue weighted by atomic mass is 35.5. The summed E-state index contributed by atoms with van der Waals surface area (Å²) in [5.41, 5.74) is -1.68. The molecule has 9 heteroatoms. The largest absolute Gasteiger partial charge is 0.463 e. The third-order valence-electron chi connectivity index (χ3n) is 4.23. The number of anilines is 1. The molecular weight excluding hydrogens is 383 g/mol. The van der Waals surface area contributed by atoms with E-state index in [2.05, 4.69) is 10.3 Å². The number of nitrogens with zero attached hydrogens (tertiary/aromatic N) is 2. The molecule has 0 spiro atoms. The number of benzene rings is 2. The number of furan rings is 1. The standard InChI is InChI=1S/C18H11ClF3N3O2/c1-23-16-14-13(8-11(19)9-6-7-27-15(9)14)25(17(26)24-16)12-5-3-2-4-10(12)18(20,21)22/h2-8H,1H3,(H,23,24,26). The van der Waals surface area contributed by atoms with Crippen LogP contribution in [0.2, 0.25) is 5.02 Å². The summed E-state index contributed by atoms with van der Waals surface area (Å²) >= 11 is 6.28. The molecule has 0 atom stereocenters. The molecule has 0 aliphatic rings. The lowest BCUT2D eigenvalue weighted by Gasteiger charge is -2.17. The van der Waals surface area contributed by atoms with E-state index in [9.17, 15) is 18.0 Å². The first kappa shape index (κ1) is 17.4. The molecule has 2 aromatic carbocycles. The van der Waals surface area contributed by atoms with Gasteiger partial charge in [-0.2, -0.15) is 18.2 Å². The van der Waals surface area contributed by atoms with Gasteiger partial charge in [0.15, 0.2) is 0 Å². The zero-order valence-corrected chi connectivity index (χ0v) is 14.5. The fourth-order valence-corrected chi connectivity index (χ4v) is 3.36. The molecule has 0 bridgehead atoms. The van der Waals surface area contributed by atoms with Crippen LogP contribution in [0.15, 0.2) is 51.9 Å². The quantitative estimate of drug-likeness (QED) is 0.529. The number of aromatic nitrogens is 2. The molecule has 1 N–H and O–H groups in total. The smallest absolute Gasteiger partial charge is 0.418 e. The molecule has 0 unspecified atom stereocenters. The zero-order valence-electron chi connectivity index (χ0n) is 13.8. The maximum absolute atomic E-state index is 13.5. The summed E-state index contributed by atoms with van der Waals surface area (Å²) in [6.45, 7) is 0. The Bertz CT molecular complexity index is 1240. The minimum Gasteiger partial charge on any atom is -0.463 e. The van der Waals surface area contributed by atoms with Gasteiger partial charge in [-0.1, -0.05) is 23.7 Å². The number of rotatable bonds is 2. The molecule has 2 heterocycles. The lowest BCUT2D eigenvalue weighted by atomic mass is 10.1. The fourth-order valence-electron chi connectivity index (χ4n) is 3.11. The molecular formula is C18H11ClF3N3O2. The van der Waals surface area contributed by atoms with Crippen molar-refractivity contribution in [1.29, 1.82) is 0 Å². The monoisotopic (exact) mass is 393 g/mol. The SMILES string of the molecule is CNc1nc(=O)n(-c2ccccc2C(F)(F)F)c2cc(Cl)c3ccoc3c12. The summed E-state index contributed by atoms with van der Waals surface area (Å²) < 4.78 is 46.9. The van der Waals surface area contributed by atoms with Crippen LogP contribution in [0.5, 0.6) is 0 Å². The van der Waals surface area contributed by atoms with Gasteiger partial charge in [0.05, 0.1) is 33.4 Å². The minimum atomic E-state index is -4.65. The highest BCUT2D eigenvalue weighted by molar-refractivity contribution is 6.37. The molecule has 4 aromatic rings. The van der Waals surface area contributed by atoms with Gasteiger partial charge in [0.2, 0.25) is 0 Å².